The number of carbonyl (C=O) groups excluding carboxylic acids is 1. The van der Waals surface area contributed by atoms with Crippen LogP contribution in [0.2, 0.25) is 5.02 Å². The highest BCUT2D eigenvalue weighted by Gasteiger charge is 2.27. The fraction of sp³-hybridized carbons (Fsp3) is 0.226. The Morgan fingerprint density at radius 3 is 2.17 bits per heavy atom. The lowest BCUT2D eigenvalue weighted by molar-refractivity contribution is -0.119. The van der Waals surface area contributed by atoms with Crippen LogP contribution >= 0.6 is 11.6 Å². The van der Waals surface area contributed by atoms with E-state index < -0.39 is 22.5 Å². The van der Waals surface area contributed by atoms with E-state index in [4.69, 9.17) is 11.6 Å². The molecular formula is C31H33ClN4O3S. The standard InChI is InChI=1S/C31H33ClN4O3S/c1-20-10-13-28(16-23(20)4)35(40(38,39)29-14-11-27(32)12-15-29)19-30(37)34-33-18-26-17-24(5)36(25(26)6)31-21(2)8-7-9-22(31)3/h7-18H,19H2,1-6H3,(H,34,37)/b33-18-. The molecule has 0 aliphatic heterocycles. The molecule has 1 N–H and O–H groups in total. The number of carbonyl (C=O) groups is 1. The van der Waals surface area contributed by atoms with Crippen molar-refractivity contribution in [2.45, 2.75) is 46.4 Å². The van der Waals surface area contributed by atoms with E-state index in [1.165, 1.54) is 24.3 Å². The Morgan fingerprint density at radius 1 is 0.900 bits per heavy atom. The number of halogens is 1. The maximum absolute atomic E-state index is 13.6. The normalized spacial score (nSPS) is 11.7. The van der Waals surface area contributed by atoms with Gasteiger partial charge in [-0.2, -0.15) is 5.10 Å². The van der Waals surface area contributed by atoms with Gasteiger partial charge in [-0.05, 0) is 106 Å². The van der Waals surface area contributed by atoms with E-state index in [0.717, 1.165) is 49.2 Å². The fourth-order valence-corrected chi connectivity index (χ4v) is 6.23. The zero-order valence-corrected chi connectivity index (χ0v) is 25.1. The highest BCUT2D eigenvalue weighted by Crippen LogP contribution is 2.27. The monoisotopic (exact) mass is 576 g/mol. The van der Waals surface area contributed by atoms with Gasteiger partial charge < -0.3 is 4.57 Å². The van der Waals surface area contributed by atoms with Crippen molar-refractivity contribution < 1.29 is 13.2 Å². The molecule has 0 aliphatic carbocycles. The fourth-order valence-electron chi connectivity index (χ4n) is 4.69. The molecule has 1 aromatic heterocycles. The van der Waals surface area contributed by atoms with E-state index in [-0.39, 0.29) is 4.90 Å². The van der Waals surface area contributed by atoms with Crippen LogP contribution in [0.1, 0.15) is 39.2 Å². The number of anilines is 1. The van der Waals surface area contributed by atoms with Crippen LogP contribution in [0.25, 0.3) is 5.69 Å². The van der Waals surface area contributed by atoms with Crippen molar-refractivity contribution >= 4 is 39.4 Å². The SMILES string of the molecule is Cc1ccc(N(CC(=O)N/N=C\c2cc(C)n(-c3c(C)cccc3C)c2C)S(=O)(=O)c2ccc(Cl)cc2)cc1C. The lowest BCUT2D eigenvalue weighted by Gasteiger charge is -2.24. The number of nitrogens with zero attached hydrogens (tertiary/aromatic N) is 3. The number of hydrogen-bond acceptors (Lipinski definition) is 4. The van der Waals surface area contributed by atoms with E-state index in [9.17, 15) is 13.2 Å². The number of rotatable bonds is 8. The Hall–Kier alpha value is -3.88. The Morgan fingerprint density at radius 2 is 1.55 bits per heavy atom. The van der Waals surface area contributed by atoms with Gasteiger partial charge in [0, 0.05) is 22.0 Å². The predicted molar refractivity (Wildman–Crippen MR) is 162 cm³/mol. The first-order valence-electron chi connectivity index (χ1n) is 12.8. The number of hydrazone groups is 1. The van der Waals surface area contributed by atoms with Crippen LogP contribution in [0.15, 0.2) is 76.7 Å². The average molecular weight is 577 g/mol. The molecule has 208 valence electrons. The summed E-state index contributed by atoms with van der Waals surface area (Å²) in [5, 5.41) is 4.58. The third-order valence-electron chi connectivity index (χ3n) is 6.99. The van der Waals surface area contributed by atoms with Crippen LogP contribution in [-0.2, 0) is 14.8 Å². The highest BCUT2D eigenvalue weighted by atomic mass is 35.5. The minimum atomic E-state index is -4.06. The smallest absolute Gasteiger partial charge is 0.264 e. The highest BCUT2D eigenvalue weighted by molar-refractivity contribution is 7.92. The topological polar surface area (TPSA) is 83.8 Å². The van der Waals surface area contributed by atoms with Crippen molar-refractivity contribution in [1.82, 2.24) is 9.99 Å². The molecule has 0 bridgehead atoms. The van der Waals surface area contributed by atoms with Gasteiger partial charge in [-0.1, -0.05) is 35.9 Å². The van der Waals surface area contributed by atoms with Gasteiger partial charge in [-0.3, -0.25) is 9.10 Å². The molecule has 3 aromatic carbocycles. The first-order valence-corrected chi connectivity index (χ1v) is 14.6. The maximum atomic E-state index is 13.6. The molecule has 7 nitrogen and oxygen atoms in total. The summed E-state index contributed by atoms with van der Waals surface area (Å²) in [5.74, 6) is -0.574. The number of para-hydroxylation sites is 1. The van der Waals surface area contributed by atoms with Crippen molar-refractivity contribution in [1.29, 1.82) is 0 Å². The molecule has 0 radical (unpaired) electrons. The third-order valence-corrected chi connectivity index (χ3v) is 9.03. The van der Waals surface area contributed by atoms with Gasteiger partial charge in [0.1, 0.15) is 6.54 Å². The third kappa shape index (κ3) is 5.98. The summed E-state index contributed by atoms with van der Waals surface area (Å²) in [5.41, 5.74) is 11.1. The van der Waals surface area contributed by atoms with E-state index in [1.807, 2.05) is 45.9 Å². The Kier molecular flexibility index (Phi) is 8.51. The number of sulfonamides is 1. The molecular weight excluding hydrogens is 544 g/mol. The van der Waals surface area contributed by atoms with E-state index in [2.05, 4.69) is 41.1 Å². The summed E-state index contributed by atoms with van der Waals surface area (Å²) in [6.45, 7) is 11.6. The van der Waals surface area contributed by atoms with Gasteiger partial charge in [-0.25, -0.2) is 13.8 Å². The molecule has 0 fully saturated rings. The number of benzene rings is 3. The van der Waals surface area contributed by atoms with Crippen LogP contribution < -0.4 is 9.73 Å². The Bertz CT molecular complexity index is 1690. The number of aromatic nitrogens is 1. The van der Waals surface area contributed by atoms with Crippen molar-refractivity contribution in [3.8, 4) is 5.69 Å². The second-order valence-corrected chi connectivity index (χ2v) is 12.2. The van der Waals surface area contributed by atoms with Gasteiger partial charge >= 0.3 is 0 Å². The van der Waals surface area contributed by atoms with Crippen molar-refractivity contribution in [2.24, 2.45) is 5.10 Å². The molecule has 0 spiro atoms. The second kappa shape index (κ2) is 11.7. The Labute approximate surface area is 241 Å². The van der Waals surface area contributed by atoms with Crippen LogP contribution in [0.3, 0.4) is 0 Å². The molecule has 0 saturated heterocycles. The number of amides is 1. The summed E-state index contributed by atoms with van der Waals surface area (Å²) in [6.07, 6.45) is 1.58. The van der Waals surface area contributed by atoms with Gasteiger partial charge in [0.05, 0.1) is 22.5 Å². The quantitative estimate of drug-likeness (QED) is 0.197. The van der Waals surface area contributed by atoms with Gasteiger partial charge in [0.25, 0.3) is 15.9 Å². The van der Waals surface area contributed by atoms with Crippen LogP contribution in [-0.4, -0.2) is 31.7 Å². The van der Waals surface area contributed by atoms with E-state index in [0.29, 0.717) is 10.7 Å². The minimum Gasteiger partial charge on any atom is -0.317 e. The van der Waals surface area contributed by atoms with Gasteiger partial charge in [0.2, 0.25) is 0 Å². The maximum Gasteiger partial charge on any atom is 0.264 e. The number of aryl methyl sites for hydroxylation is 5. The van der Waals surface area contributed by atoms with Crippen LogP contribution in [0, 0.1) is 41.5 Å². The molecule has 4 aromatic rings. The Balaban J connectivity index is 1.59. The first-order chi connectivity index (χ1) is 18.9. The summed E-state index contributed by atoms with van der Waals surface area (Å²) in [6, 6.07) is 19.3. The lowest BCUT2D eigenvalue weighted by atomic mass is 10.1. The molecule has 4 rings (SSSR count). The molecule has 0 saturated carbocycles. The summed E-state index contributed by atoms with van der Waals surface area (Å²) in [7, 11) is -4.06. The molecule has 0 unspecified atom stereocenters. The molecule has 1 amide bonds. The minimum absolute atomic E-state index is 0.0327. The second-order valence-electron chi connectivity index (χ2n) is 9.93. The van der Waals surface area contributed by atoms with Crippen molar-refractivity contribution in [2.75, 3.05) is 10.8 Å². The zero-order valence-electron chi connectivity index (χ0n) is 23.5. The van der Waals surface area contributed by atoms with E-state index in [1.54, 1.807) is 18.3 Å². The van der Waals surface area contributed by atoms with E-state index >= 15 is 0 Å². The summed E-state index contributed by atoms with van der Waals surface area (Å²) >= 11 is 5.97. The van der Waals surface area contributed by atoms with Crippen molar-refractivity contribution in [3.63, 3.8) is 0 Å². The summed E-state index contributed by atoms with van der Waals surface area (Å²) < 4.78 is 30.5. The van der Waals surface area contributed by atoms with Gasteiger partial charge in [-0.15, -0.1) is 0 Å². The number of hydrogen-bond donors (Lipinski definition) is 1. The van der Waals surface area contributed by atoms with Gasteiger partial charge in [0.15, 0.2) is 0 Å². The van der Waals surface area contributed by atoms with Crippen molar-refractivity contribution in [3.05, 3.63) is 111 Å². The molecule has 0 aliphatic rings. The van der Waals surface area contributed by atoms with Crippen LogP contribution in [0.5, 0.6) is 0 Å². The summed E-state index contributed by atoms with van der Waals surface area (Å²) in [4.78, 5) is 13.0. The predicted octanol–water partition coefficient (Wildman–Crippen LogP) is 6.33. The number of nitrogens with one attached hydrogen (secondary N) is 1. The average Bonchev–Trinajstić information content (AvgIpc) is 3.17. The molecule has 40 heavy (non-hydrogen) atoms. The molecule has 0 atom stereocenters. The first kappa shape index (κ1) is 29.1. The molecule has 9 heteroatoms. The zero-order chi connectivity index (χ0) is 29.2. The largest absolute Gasteiger partial charge is 0.317 e. The lowest BCUT2D eigenvalue weighted by Crippen LogP contribution is -2.39. The molecule has 1 heterocycles. The van der Waals surface area contributed by atoms with Crippen LogP contribution in [0.4, 0.5) is 5.69 Å².